The maximum atomic E-state index is 3.66. The van der Waals surface area contributed by atoms with Gasteiger partial charge in [-0.25, -0.2) is 0 Å². The van der Waals surface area contributed by atoms with Crippen LogP contribution >= 0.6 is 15.9 Å². The first kappa shape index (κ1) is 14.7. The van der Waals surface area contributed by atoms with E-state index in [9.17, 15) is 0 Å². The first-order chi connectivity index (χ1) is 7.97. The standard InChI is InChI=1S/C15H24BrN/c1-6-7-17-15(10(2)3)13-8-12(5)14(16)9-11(13)4/h8-10,15,17H,6-7H2,1-5H3. The molecule has 1 N–H and O–H groups in total. The SMILES string of the molecule is CCCNC(c1cc(C)c(Br)cc1C)C(C)C. The van der Waals surface area contributed by atoms with E-state index < -0.39 is 0 Å². The van der Waals surface area contributed by atoms with Crippen molar-refractivity contribution >= 4 is 15.9 Å². The van der Waals surface area contributed by atoms with Crippen molar-refractivity contribution in [2.24, 2.45) is 5.92 Å². The van der Waals surface area contributed by atoms with E-state index in [4.69, 9.17) is 0 Å². The van der Waals surface area contributed by atoms with E-state index in [2.05, 4.69) is 68.0 Å². The minimum absolute atomic E-state index is 0.460. The topological polar surface area (TPSA) is 12.0 Å². The van der Waals surface area contributed by atoms with Crippen LogP contribution in [0.5, 0.6) is 0 Å². The Bertz CT molecular complexity index is 371. The third-order valence-electron chi connectivity index (χ3n) is 3.16. The highest BCUT2D eigenvalue weighted by Crippen LogP contribution is 2.29. The summed E-state index contributed by atoms with van der Waals surface area (Å²) in [4.78, 5) is 0. The number of nitrogens with one attached hydrogen (secondary N) is 1. The van der Waals surface area contributed by atoms with Crippen LogP contribution in [0.1, 0.15) is 49.9 Å². The lowest BCUT2D eigenvalue weighted by atomic mass is 9.91. The van der Waals surface area contributed by atoms with Gasteiger partial charge in [-0.2, -0.15) is 0 Å². The molecule has 0 saturated heterocycles. The Morgan fingerprint density at radius 3 is 2.35 bits per heavy atom. The van der Waals surface area contributed by atoms with Gasteiger partial charge in [0.2, 0.25) is 0 Å². The first-order valence-electron chi connectivity index (χ1n) is 6.47. The summed E-state index contributed by atoms with van der Waals surface area (Å²) >= 11 is 3.60. The summed E-state index contributed by atoms with van der Waals surface area (Å²) in [6.07, 6.45) is 1.18. The van der Waals surface area contributed by atoms with Gasteiger partial charge in [-0.05, 0) is 55.5 Å². The highest BCUT2D eigenvalue weighted by molar-refractivity contribution is 9.10. The summed E-state index contributed by atoms with van der Waals surface area (Å²) in [6.45, 7) is 12.2. The number of hydrogen-bond acceptors (Lipinski definition) is 1. The van der Waals surface area contributed by atoms with Crippen molar-refractivity contribution < 1.29 is 0 Å². The zero-order valence-corrected chi connectivity index (χ0v) is 13.2. The Morgan fingerprint density at radius 2 is 1.82 bits per heavy atom. The summed E-state index contributed by atoms with van der Waals surface area (Å²) < 4.78 is 1.21. The minimum atomic E-state index is 0.460. The first-order valence-corrected chi connectivity index (χ1v) is 7.26. The van der Waals surface area contributed by atoms with Crippen molar-refractivity contribution in [3.8, 4) is 0 Å². The van der Waals surface area contributed by atoms with Crippen molar-refractivity contribution in [3.63, 3.8) is 0 Å². The highest BCUT2D eigenvalue weighted by Gasteiger charge is 2.17. The fraction of sp³-hybridized carbons (Fsp3) is 0.600. The highest BCUT2D eigenvalue weighted by atomic mass is 79.9. The number of benzene rings is 1. The molecule has 1 unspecified atom stereocenters. The largest absolute Gasteiger partial charge is 0.310 e. The summed E-state index contributed by atoms with van der Waals surface area (Å²) in [5, 5.41) is 3.66. The minimum Gasteiger partial charge on any atom is -0.310 e. The molecule has 96 valence electrons. The lowest BCUT2D eigenvalue weighted by molar-refractivity contribution is 0.411. The monoisotopic (exact) mass is 297 g/mol. The molecule has 0 aliphatic carbocycles. The van der Waals surface area contributed by atoms with Gasteiger partial charge in [-0.3, -0.25) is 0 Å². The van der Waals surface area contributed by atoms with Gasteiger partial charge in [0, 0.05) is 10.5 Å². The molecule has 0 bridgehead atoms. The molecule has 0 heterocycles. The molecule has 0 radical (unpaired) electrons. The van der Waals surface area contributed by atoms with Crippen molar-refractivity contribution in [1.29, 1.82) is 0 Å². The molecule has 0 fully saturated rings. The molecule has 1 atom stereocenters. The van der Waals surface area contributed by atoms with Gasteiger partial charge in [-0.15, -0.1) is 0 Å². The molecule has 1 aromatic carbocycles. The quantitative estimate of drug-likeness (QED) is 0.826. The van der Waals surface area contributed by atoms with Crippen LogP contribution < -0.4 is 5.32 Å². The molecule has 0 amide bonds. The Kier molecular flexibility index (Phi) is 5.68. The summed E-state index contributed by atoms with van der Waals surface area (Å²) in [5.41, 5.74) is 4.12. The summed E-state index contributed by atoms with van der Waals surface area (Å²) in [5.74, 6) is 0.612. The van der Waals surface area contributed by atoms with Crippen LogP contribution in [-0.4, -0.2) is 6.54 Å². The Hall–Kier alpha value is -0.340. The molecule has 1 rings (SSSR count). The van der Waals surface area contributed by atoms with Gasteiger partial charge in [0.15, 0.2) is 0 Å². The van der Waals surface area contributed by atoms with Crippen molar-refractivity contribution in [3.05, 3.63) is 33.3 Å². The van der Waals surface area contributed by atoms with E-state index in [0.717, 1.165) is 6.54 Å². The second kappa shape index (κ2) is 6.55. The van der Waals surface area contributed by atoms with Gasteiger partial charge in [0.05, 0.1) is 0 Å². The van der Waals surface area contributed by atoms with Gasteiger partial charge < -0.3 is 5.32 Å². The molecule has 0 aliphatic heterocycles. The number of rotatable bonds is 5. The van der Waals surface area contributed by atoms with Gasteiger partial charge >= 0.3 is 0 Å². The van der Waals surface area contributed by atoms with E-state index in [1.54, 1.807) is 0 Å². The number of halogens is 1. The normalized spacial score (nSPS) is 13.1. The molecule has 0 spiro atoms. The summed E-state index contributed by atoms with van der Waals surface area (Å²) in [7, 11) is 0. The van der Waals surface area contributed by atoms with Crippen LogP contribution in [0.25, 0.3) is 0 Å². The maximum Gasteiger partial charge on any atom is 0.0346 e. The van der Waals surface area contributed by atoms with Crippen molar-refractivity contribution in [2.45, 2.75) is 47.1 Å². The predicted octanol–water partition coefficient (Wildman–Crippen LogP) is 4.76. The van der Waals surface area contributed by atoms with E-state index in [1.165, 1.54) is 27.6 Å². The lowest BCUT2D eigenvalue weighted by Crippen LogP contribution is -2.27. The van der Waals surface area contributed by atoms with Crippen LogP contribution in [0.3, 0.4) is 0 Å². The number of aryl methyl sites for hydroxylation is 2. The fourth-order valence-corrected chi connectivity index (χ4v) is 2.60. The predicted molar refractivity (Wildman–Crippen MR) is 79.5 cm³/mol. The molecule has 1 nitrogen and oxygen atoms in total. The molecular formula is C15H24BrN. The van der Waals surface area contributed by atoms with E-state index in [1.807, 2.05) is 0 Å². The van der Waals surface area contributed by atoms with Crippen LogP contribution in [0.4, 0.5) is 0 Å². The maximum absolute atomic E-state index is 3.66. The molecule has 0 saturated carbocycles. The zero-order chi connectivity index (χ0) is 13.0. The average Bonchev–Trinajstić information content (AvgIpc) is 2.25. The van der Waals surface area contributed by atoms with Gasteiger partial charge in [-0.1, -0.05) is 42.8 Å². The van der Waals surface area contributed by atoms with Gasteiger partial charge in [0.1, 0.15) is 0 Å². The smallest absolute Gasteiger partial charge is 0.0346 e. The van der Waals surface area contributed by atoms with E-state index in [0.29, 0.717) is 12.0 Å². The Balaban J connectivity index is 3.05. The van der Waals surface area contributed by atoms with Crippen molar-refractivity contribution in [1.82, 2.24) is 5.32 Å². The molecule has 0 aliphatic rings. The lowest BCUT2D eigenvalue weighted by Gasteiger charge is -2.25. The Morgan fingerprint density at radius 1 is 1.18 bits per heavy atom. The molecule has 2 heteroatoms. The average molecular weight is 298 g/mol. The summed E-state index contributed by atoms with van der Waals surface area (Å²) in [6, 6.07) is 5.00. The zero-order valence-electron chi connectivity index (χ0n) is 11.6. The second-order valence-corrected chi connectivity index (χ2v) is 5.99. The van der Waals surface area contributed by atoms with Crippen molar-refractivity contribution in [2.75, 3.05) is 6.54 Å². The third-order valence-corrected chi connectivity index (χ3v) is 4.02. The number of hydrogen-bond donors (Lipinski definition) is 1. The van der Waals surface area contributed by atoms with Crippen LogP contribution in [0.2, 0.25) is 0 Å². The molecular weight excluding hydrogens is 274 g/mol. The molecule has 17 heavy (non-hydrogen) atoms. The van der Waals surface area contributed by atoms with Crippen LogP contribution in [-0.2, 0) is 0 Å². The molecule has 0 aromatic heterocycles. The molecule has 1 aromatic rings. The van der Waals surface area contributed by atoms with Crippen LogP contribution in [0.15, 0.2) is 16.6 Å². The fourth-order valence-electron chi connectivity index (χ4n) is 2.14. The Labute approximate surface area is 114 Å². The van der Waals surface area contributed by atoms with E-state index >= 15 is 0 Å². The third kappa shape index (κ3) is 3.82. The van der Waals surface area contributed by atoms with Gasteiger partial charge in [0.25, 0.3) is 0 Å². The van der Waals surface area contributed by atoms with Crippen LogP contribution in [0, 0.1) is 19.8 Å². The second-order valence-electron chi connectivity index (χ2n) is 5.13. The van der Waals surface area contributed by atoms with E-state index in [-0.39, 0.29) is 0 Å².